The summed E-state index contributed by atoms with van der Waals surface area (Å²) in [4.78, 5) is 2.35. The van der Waals surface area contributed by atoms with E-state index in [2.05, 4.69) is 72.5 Å². The molecule has 4 nitrogen and oxygen atoms in total. The normalized spacial score (nSPS) is 12.2. The molecule has 0 aliphatic rings. The van der Waals surface area contributed by atoms with Crippen LogP contribution >= 0.6 is 11.3 Å². The highest BCUT2D eigenvalue weighted by Crippen LogP contribution is 2.20. The van der Waals surface area contributed by atoms with Crippen molar-refractivity contribution in [1.82, 2.24) is 4.90 Å². The van der Waals surface area contributed by atoms with Gasteiger partial charge in [0.25, 0.3) is 0 Å². The molecule has 0 N–H and O–H groups in total. The Morgan fingerprint density at radius 3 is 2.62 bits per heavy atom. The SMILES string of the molecule is CCN(C/C=C/C#CC(C)(C)OC)Cc1cccc(OCC(C)(C)OCc2ccsc2)c1. The Kier molecular flexibility index (Phi) is 10.5. The van der Waals surface area contributed by atoms with E-state index in [1.807, 2.05) is 32.1 Å². The van der Waals surface area contributed by atoms with Crippen molar-refractivity contribution in [3.05, 3.63) is 64.4 Å². The van der Waals surface area contributed by atoms with Crippen LogP contribution in [0, 0.1) is 11.8 Å². The third kappa shape index (κ3) is 10.0. The van der Waals surface area contributed by atoms with E-state index in [0.717, 1.165) is 25.4 Å². The lowest BCUT2D eigenvalue weighted by atomic mass is 10.1. The van der Waals surface area contributed by atoms with E-state index >= 15 is 0 Å². The smallest absolute Gasteiger partial charge is 0.123 e. The van der Waals surface area contributed by atoms with Gasteiger partial charge in [0.15, 0.2) is 0 Å². The number of ether oxygens (including phenoxy) is 3. The zero-order valence-electron chi connectivity index (χ0n) is 20.3. The first kappa shape index (κ1) is 26.2. The van der Waals surface area contributed by atoms with Crippen molar-refractivity contribution in [2.45, 2.75) is 59.0 Å². The zero-order chi connectivity index (χ0) is 23.5. The van der Waals surface area contributed by atoms with E-state index < -0.39 is 5.60 Å². The van der Waals surface area contributed by atoms with Crippen LogP contribution in [0.15, 0.2) is 53.2 Å². The molecule has 2 aromatic rings. The monoisotopic (exact) mass is 455 g/mol. The van der Waals surface area contributed by atoms with Crippen LogP contribution in [-0.2, 0) is 22.6 Å². The molecule has 174 valence electrons. The molecule has 0 amide bonds. The van der Waals surface area contributed by atoms with Gasteiger partial charge in [0.2, 0.25) is 0 Å². The average molecular weight is 456 g/mol. The molecule has 0 saturated heterocycles. The highest BCUT2D eigenvalue weighted by Gasteiger charge is 2.20. The Morgan fingerprint density at radius 2 is 1.94 bits per heavy atom. The van der Waals surface area contributed by atoms with Gasteiger partial charge in [-0.15, -0.1) is 0 Å². The lowest BCUT2D eigenvalue weighted by Gasteiger charge is -2.25. The number of hydrogen-bond acceptors (Lipinski definition) is 5. The van der Waals surface area contributed by atoms with Crippen LogP contribution in [0.5, 0.6) is 5.75 Å². The summed E-state index contributed by atoms with van der Waals surface area (Å²) in [6, 6.07) is 10.4. The number of nitrogens with zero attached hydrogens (tertiary/aromatic N) is 1. The van der Waals surface area contributed by atoms with Crippen molar-refractivity contribution >= 4 is 11.3 Å². The topological polar surface area (TPSA) is 30.9 Å². The van der Waals surface area contributed by atoms with E-state index in [-0.39, 0.29) is 5.60 Å². The third-order valence-electron chi connectivity index (χ3n) is 5.00. The molecule has 0 saturated carbocycles. The van der Waals surface area contributed by atoms with Crippen LogP contribution in [0.3, 0.4) is 0 Å². The van der Waals surface area contributed by atoms with Gasteiger partial charge in [0.1, 0.15) is 18.0 Å². The standard InChI is InChI=1S/C27H37NO3S/c1-7-28(16-10-8-9-15-26(2,3)29-6)19-23-12-11-13-25(18-23)30-22-27(4,5)31-20-24-14-17-32-21-24/h8,10-14,17-18,21H,7,16,19-20,22H2,1-6H3/b10-8+. The van der Waals surface area contributed by atoms with Crippen molar-refractivity contribution in [3.63, 3.8) is 0 Å². The summed E-state index contributed by atoms with van der Waals surface area (Å²) in [6.07, 6.45) is 4.00. The fraction of sp³-hybridized carbons (Fsp3) is 0.481. The van der Waals surface area contributed by atoms with E-state index in [1.54, 1.807) is 18.4 Å². The summed E-state index contributed by atoms with van der Waals surface area (Å²) < 4.78 is 17.4. The van der Waals surface area contributed by atoms with Gasteiger partial charge in [0, 0.05) is 20.2 Å². The zero-order valence-corrected chi connectivity index (χ0v) is 21.1. The minimum Gasteiger partial charge on any atom is -0.491 e. The van der Waals surface area contributed by atoms with Crippen LogP contribution in [0.4, 0.5) is 0 Å². The molecule has 5 heteroatoms. The molecule has 0 bridgehead atoms. The number of rotatable bonds is 12. The summed E-state index contributed by atoms with van der Waals surface area (Å²) in [5.41, 5.74) is 1.64. The van der Waals surface area contributed by atoms with Crippen LogP contribution in [0.1, 0.15) is 45.7 Å². The van der Waals surface area contributed by atoms with Gasteiger partial charge in [-0.3, -0.25) is 4.90 Å². The van der Waals surface area contributed by atoms with Crippen LogP contribution in [-0.4, -0.2) is 42.9 Å². The molecule has 0 atom stereocenters. The molecule has 2 rings (SSSR count). The molecule has 1 aromatic heterocycles. The number of thiophene rings is 1. The molecule has 0 spiro atoms. The van der Waals surface area contributed by atoms with Crippen LogP contribution < -0.4 is 4.74 Å². The predicted octanol–water partition coefficient (Wildman–Crippen LogP) is 5.93. The van der Waals surface area contributed by atoms with E-state index in [9.17, 15) is 0 Å². The number of hydrogen-bond donors (Lipinski definition) is 0. The van der Waals surface area contributed by atoms with Crippen LogP contribution in [0.2, 0.25) is 0 Å². The maximum Gasteiger partial charge on any atom is 0.123 e. The molecule has 0 aliphatic carbocycles. The summed E-state index contributed by atoms with van der Waals surface area (Å²) in [6.45, 7) is 14.0. The van der Waals surface area contributed by atoms with E-state index in [4.69, 9.17) is 14.2 Å². The van der Waals surface area contributed by atoms with Gasteiger partial charge in [-0.05, 0) is 80.4 Å². The van der Waals surface area contributed by atoms with Gasteiger partial charge < -0.3 is 14.2 Å². The summed E-state index contributed by atoms with van der Waals surface area (Å²) in [5.74, 6) is 7.03. The van der Waals surface area contributed by atoms with Gasteiger partial charge in [-0.1, -0.05) is 37.0 Å². The Bertz CT molecular complexity index is 891. The highest BCUT2D eigenvalue weighted by atomic mass is 32.1. The van der Waals surface area contributed by atoms with Crippen LogP contribution in [0.25, 0.3) is 0 Å². The lowest BCUT2D eigenvalue weighted by Crippen LogP contribution is -2.32. The molecule has 1 aromatic carbocycles. The second kappa shape index (κ2) is 12.8. The van der Waals surface area contributed by atoms with Crippen molar-refractivity contribution in [2.75, 3.05) is 26.8 Å². The second-order valence-corrected chi connectivity index (χ2v) is 9.61. The van der Waals surface area contributed by atoms with Crippen molar-refractivity contribution in [3.8, 4) is 17.6 Å². The van der Waals surface area contributed by atoms with Gasteiger partial charge in [0.05, 0.1) is 12.2 Å². The Morgan fingerprint density at radius 1 is 1.12 bits per heavy atom. The molecule has 32 heavy (non-hydrogen) atoms. The maximum atomic E-state index is 6.07. The van der Waals surface area contributed by atoms with Crippen molar-refractivity contribution in [2.24, 2.45) is 0 Å². The van der Waals surface area contributed by atoms with E-state index in [0.29, 0.717) is 13.2 Å². The minimum absolute atomic E-state index is 0.364. The summed E-state index contributed by atoms with van der Waals surface area (Å²) in [5, 5.41) is 4.18. The number of likely N-dealkylation sites (N-methyl/N-ethyl adjacent to an activating group) is 1. The third-order valence-corrected chi connectivity index (χ3v) is 5.73. The Hall–Kier alpha value is -2.10. The average Bonchev–Trinajstić information content (AvgIpc) is 3.29. The number of methoxy groups -OCH3 is 1. The fourth-order valence-corrected chi connectivity index (χ4v) is 3.43. The Labute approximate surface area is 198 Å². The van der Waals surface area contributed by atoms with Gasteiger partial charge in [-0.2, -0.15) is 11.3 Å². The quantitative estimate of drug-likeness (QED) is 0.371. The molecule has 0 fully saturated rings. The minimum atomic E-state index is -0.418. The van der Waals surface area contributed by atoms with Gasteiger partial charge in [-0.25, -0.2) is 0 Å². The summed E-state index contributed by atoms with van der Waals surface area (Å²) >= 11 is 1.69. The molecule has 0 unspecified atom stereocenters. The predicted molar refractivity (Wildman–Crippen MR) is 134 cm³/mol. The van der Waals surface area contributed by atoms with Gasteiger partial charge >= 0.3 is 0 Å². The first-order valence-electron chi connectivity index (χ1n) is 11.0. The number of benzene rings is 1. The maximum absolute atomic E-state index is 6.07. The molecular formula is C27H37NO3S. The lowest BCUT2D eigenvalue weighted by molar-refractivity contribution is -0.0568. The summed E-state index contributed by atoms with van der Waals surface area (Å²) in [7, 11) is 1.67. The largest absolute Gasteiger partial charge is 0.491 e. The fourth-order valence-electron chi connectivity index (χ4n) is 2.78. The highest BCUT2D eigenvalue weighted by molar-refractivity contribution is 7.07. The van der Waals surface area contributed by atoms with Crippen molar-refractivity contribution < 1.29 is 14.2 Å². The molecule has 0 radical (unpaired) electrons. The first-order chi connectivity index (χ1) is 15.2. The van der Waals surface area contributed by atoms with E-state index in [1.165, 1.54) is 11.1 Å². The van der Waals surface area contributed by atoms with Crippen molar-refractivity contribution in [1.29, 1.82) is 0 Å². The molecule has 1 heterocycles. The number of allylic oxidation sites excluding steroid dienone is 1. The Balaban J connectivity index is 1.85. The second-order valence-electron chi connectivity index (χ2n) is 8.83. The first-order valence-corrected chi connectivity index (χ1v) is 12.0. The molecular weight excluding hydrogens is 418 g/mol. The molecule has 0 aliphatic heterocycles.